The maximum Gasteiger partial charge on any atom is 0.306 e. The van der Waals surface area contributed by atoms with E-state index in [9.17, 15) is 14.4 Å². The fourth-order valence-electron chi connectivity index (χ4n) is 8.21. The van der Waals surface area contributed by atoms with Gasteiger partial charge in [0.05, 0.1) is 0 Å². The zero-order valence-corrected chi connectivity index (χ0v) is 44.0. The largest absolute Gasteiger partial charge is 0.462 e. The summed E-state index contributed by atoms with van der Waals surface area (Å²) in [6.45, 7) is 6.60. The highest BCUT2D eigenvalue weighted by atomic mass is 16.6. The highest BCUT2D eigenvalue weighted by Gasteiger charge is 2.19. The van der Waals surface area contributed by atoms with Crippen LogP contribution >= 0.6 is 0 Å². The van der Waals surface area contributed by atoms with Crippen molar-refractivity contribution in [3.05, 3.63) is 48.6 Å². The standard InChI is InChI=1S/C60H108O6/c1-4-7-10-13-16-19-22-25-28-29-30-33-35-38-41-44-47-50-53-59(62)65-56-57(66-60(63)54-51-48-45-42-39-36-32-27-24-21-18-15-12-9-6-3)55-64-58(61)52-49-46-43-40-37-34-31-26-23-20-17-14-11-8-5-2/h17-18,20-21,26-27,31-32,57H,4-16,19,22-25,28-30,33-56H2,1-3H3/b20-17-,21-18-,31-26-,32-27-. The van der Waals surface area contributed by atoms with Gasteiger partial charge in [-0.2, -0.15) is 0 Å². The maximum absolute atomic E-state index is 12.8. The number of esters is 3. The van der Waals surface area contributed by atoms with Crippen molar-refractivity contribution in [2.24, 2.45) is 0 Å². The summed E-state index contributed by atoms with van der Waals surface area (Å²) in [5.41, 5.74) is 0. The van der Waals surface area contributed by atoms with Gasteiger partial charge in [0.1, 0.15) is 13.2 Å². The van der Waals surface area contributed by atoms with Gasteiger partial charge in [-0.05, 0) is 83.5 Å². The van der Waals surface area contributed by atoms with Crippen molar-refractivity contribution in [3.8, 4) is 0 Å². The average molecular weight is 926 g/mol. The van der Waals surface area contributed by atoms with Gasteiger partial charge in [0.15, 0.2) is 6.10 Å². The first-order valence-corrected chi connectivity index (χ1v) is 28.6. The van der Waals surface area contributed by atoms with Gasteiger partial charge >= 0.3 is 17.9 Å². The van der Waals surface area contributed by atoms with Crippen LogP contribution in [0.15, 0.2) is 48.6 Å². The van der Waals surface area contributed by atoms with Crippen LogP contribution < -0.4 is 0 Å². The minimum Gasteiger partial charge on any atom is -0.462 e. The number of rotatable bonds is 52. The zero-order valence-electron chi connectivity index (χ0n) is 44.0. The zero-order chi connectivity index (χ0) is 47.9. The van der Waals surface area contributed by atoms with Crippen molar-refractivity contribution in [1.82, 2.24) is 0 Å². The van der Waals surface area contributed by atoms with Gasteiger partial charge in [0, 0.05) is 19.3 Å². The van der Waals surface area contributed by atoms with Crippen LogP contribution in [0.1, 0.15) is 297 Å². The molecule has 0 aromatic heterocycles. The number of unbranched alkanes of at least 4 members (excludes halogenated alkanes) is 33. The maximum atomic E-state index is 12.8. The predicted octanol–water partition coefficient (Wildman–Crippen LogP) is 19.0. The minimum atomic E-state index is -0.784. The molecule has 0 aromatic carbocycles. The van der Waals surface area contributed by atoms with Gasteiger partial charge < -0.3 is 14.2 Å². The van der Waals surface area contributed by atoms with Gasteiger partial charge in [-0.25, -0.2) is 0 Å². The predicted molar refractivity (Wildman–Crippen MR) is 284 cm³/mol. The van der Waals surface area contributed by atoms with Crippen molar-refractivity contribution in [2.45, 2.75) is 303 Å². The lowest BCUT2D eigenvalue weighted by atomic mass is 10.0. The van der Waals surface area contributed by atoms with E-state index in [2.05, 4.69) is 69.4 Å². The summed E-state index contributed by atoms with van der Waals surface area (Å²) in [4.78, 5) is 38.1. The SMILES string of the molecule is CCCCC/C=C\C/C=C\CCCCCCCC(=O)OCC(COC(=O)CCCCCCCCCCCCCCCCCCCC)OC(=O)CCCCCCC/C=C\C/C=C\CCCCC. The lowest BCUT2D eigenvalue weighted by molar-refractivity contribution is -0.167. The molecule has 0 saturated heterocycles. The molecule has 0 amide bonds. The highest BCUT2D eigenvalue weighted by Crippen LogP contribution is 2.16. The first-order chi connectivity index (χ1) is 32.5. The number of ether oxygens (including phenoxy) is 3. The third kappa shape index (κ3) is 52.3. The molecule has 0 fully saturated rings. The Balaban J connectivity index is 4.37. The summed E-state index contributed by atoms with van der Waals surface area (Å²) < 4.78 is 16.8. The van der Waals surface area contributed by atoms with E-state index in [-0.39, 0.29) is 31.1 Å². The summed E-state index contributed by atoms with van der Waals surface area (Å²) in [5.74, 6) is -0.895. The van der Waals surface area contributed by atoms with Crippen LogP contribution in [-0.2, 0) is 28.6 Å². The first kappa shape index (κ1) is 63.4. The third-order valence-corrected chi connectivity index (χ3v) is 12.6. The number of hydrogen-bond acceptors (Lipinski definition) is 6. The molecule has 0 radical (unpaired) electrons. The molecule has 1 atom stereocenters. The second-order valence-electron chi connectivity index (χ2n) is 19.2. The molecule has 66 heavy (non-hydrogen) atoms. The molecule has 1 unspecified atom stereocenters. The summed E-state index contributed by atoms with van der Waals surface area (Å²) in [6.07, 6.45) is 66.7. The number of carbonyl (C=O) groups excluding carboxylic acids is 3. The Kier molecular flexibility index (Phi) is 52.8. The Morgan fingerprint density at radius 1 is 0.303 bits per heavy atom. The Labute approximate surface area is 409 Å². The van der Waals surface area contributed by atoms with Gasteiger partial charge in [0.25, 0.3) is 0 Å². The first-order valence-electron chi connectivity index (χ1n) is 28.6. The molecule has 0 heterocycles. The van der Waals surface area contributed by atoms with Gasteiger partial charge in [-0.1, -0.05) is 243 Å². The molecule has 0 aliphatic carbocycles. The van der Waals surface area contributed by atoms with Crippen LogP contribution in [0.3, 0.4) is 0 Å². The van der Waals surface area contributed by atoms with Crippen LogP contribution in [0.2, 0.25) is 0 Å². The number of allylic oxidation sites excluding steroid dienone is 8. The molecule has 0 rings (SSSR count). The molecule has 0 aliphatic heterocycles. The molecule has 0 N–H and O–H groups in total. The van der Waals surface area contributed by atoms with E-state index in [0.717, 1.165) is 103 Å². The average Bonchev–Trinajstić information content (AvgIpc) is 3.31. The number of hydrogen-bond donors (Lipinski definition) is 0. The lowest BCUT2D eigenvalue weighted by Gasteiger charge is -2.18. The molecule has 0 saturated carbocycles. The highest BCUT2D eigenvalue weighted by molar-refractivity contribution is 5.71. The van der Waals surface area contributed by atoms with E-state index in [1.807, 2.05) is 0 Å². The molecule has 384 valence electrons. The van der Waals surface area contributed by atoms with Crippen molar-refractivity contribution in [2.75, 3.05) is 13.2 Å². The molecular formula is C60H108O6. The second kappa shape index (κ2) is 55.0. The summed E-state index contributed by atoms with van der Waals surface area (Å²) >= 11 is 0. The lowest BCUT2D eigenvalue weighted by Crippen LogP contribution is -2.30. The second-order valence-corrected chi connectivity index (χ2v) is 19.2. The van der Waals surface area contributed by atoms with E-state index in [1.54, 1.807) is 0 Å². The molecule has 0 aliphatic rings. The van der Waals surface area contributed by atoms with E-state index in [0.29, 0.717) is 19.3 Å². The fraction of sp³-hybridized carbons (Fsp3) is 0.817. The van der Waals surface area contributed by atoms with E-state index in [1.165, 1.54) is 154 Å². The summed E-state index contributed by atoms with van der Waals surface area (Å²) in [5, 5.41) is 0. The topological polar surface area (TPSA) is 78.9 Å². The van der Waals surface area contributed by atoms with E-state index in [4.69, 9.17) is 14.2 Å². The molecule has 0 bridgehead atoms. The van der Waals surface area contributed by atoms with Crippen LogP contribution in [0.4, 0.5) is 0 Å². The van der Waals surface area contributed by atoms with Crippen molar-refractivity contribution in [3.63, 3.8) is 0 Å². The molecule has 0 spiro atoms. The Bertz CT molecular complexity index is 1150. The molecule has 0 aromatic rings. The Morgan fingerprint density at radius 2 is 0.545 bits per heavy atom. The van der Waals surface area contributed by atoms with E-state index < -0.39 is 6.10 Å². The normalized spacial score (nSPS) is 12.3. The van der Waals surface area contributed by atoms with E-state index >= 15 is 0 Å². The van der Waals surface area contributed by atoms with Crippen LogP contribution in [0.5, 0.6) is 0 Å². The van der Waals surface area contributed by atoms with Gasteiger partial charge in [-0.15, -0.1) is 0 Å². The Morgan fingerprint density at radius 3 is 0.864 bits per heavy atom. The number of carbonyl (C=O) groups is 3. The van der Waals surface area contributed by atoms with Crippen molar-refractivity contribution in [1.29, 1.82) is 0 Å². The Hall–Kier alpha value is -2.63. The fourth-order valence-corrected chi connectivity index (χ4v) is 8.21. The van der Waals surface area contributed by atoms with Crippen LogP contribution in [0.25, 0.3) is 0 Å². The van der Waals surface area contributed by atoms with Crippen molar-refractivity contribution >= 4 is 17.9 Å². The summed E-state index contributed by atoms with van der Waals surface area (Å²) in [7, 11) is 0. The summed E-state index contributed by atoms with van der Waals surface area (Å²) in [6, 6.07) is 0. The molecular weight excluding hydrogens is 817 g/mol. The third-order valence-electron chi connectivity index (χ3n) is 12.6. The van der Waals surface area contributed by atoms with Gasteiger partial charge in [-0.3, -0.25) is 14.4 Å². The smallest absolute Gasteiger partial charge is 0.306 e. The minimum absolute atomic E-state index is 0.0806. The molecule has 6 heteroatoms. The quantitative estimate of drug-likeness (QED) is 0.0262. The van der Waals surface area contributed by atoms with Crippen molar-refractivity contribution < 1.29 is 28.6 Å². The van der Waals surface area contributed by atoms with Crippen LogP contribution in [0, 0.1) is 0 Å². The van der Waals surface area contributed by atoms with Gasteiger partial charge in [0.2, 0.25) is 0 Å². The van der Waals surface area contributed by atoms with Crippen LogP contribution in [-0.4, -0.2) is 37.2 Å². The monoisotopic (exact) mass is 925 g/mol. The molecule has 6 nitrogen and oxygen atoms in total.